The Morgan fingerprint density at radius 1 is 1.04 bits per heavy atom. The Hall–Kier alpha value is -3.03. The first-order chi connectivity index (χ1) is 12.0. The topological polar surface area (TPSA) is 64.9 Å². The molecule has 1 aromatic carbocycles. The Balaban J connectivity index is 1.65. The zero-order valence-electron chi connectivity index (χ0n) is 13.7. The van der Waals surface area contributed by atoms with E-state index in [4.69, 9.17) is 0 Å². The molecule has 0 saturated heterocycles. The van der Waals surface area contributed by atoms with E-state index in [0.717, 1.165) is 11.3 Å². The van der Waals surface area contributed by atoms with Gasteiger partial charge in [0.15, 0.2) is 5.82 Å². The molecule has 1 unspecified atom stereocenters. The van der Waals surface area contributed by atoms with Crippen molar-refractivity contribution in [3.05, 3.63) is 59.9 Å². The second kappa shape index (κ2) is 7.25. The highest BCUT2D eigenvalue weighted by Crippen LogP contribution is 2.21. The number of nitrogens with zero attached hydrogens (tertiary/aromatic N) is 4. The average molecular weight is 345 g/mol. The molecule has 1 atom stereocenters. The molecule has 3 rings (SSSR count). The number of hydrogen-bond donors (Lipinski definition) is 1. The second-order valence-corrected chi connectivity index (χ2v) is 5.49. The van der Waals surface area contributed by atoms with Gasteiger partial charge in [0.1, 0.15) is 11.6 Å². The smallest absolute Gasteiger partial charge is 0.387 e. The van der Waals surface area contributed by atoms with Crippen molar-refractivity contribution in [2.24, 2.45) is 0 Å². The molecule has 8 heteroatoms. The first-order valence-corrected chi connectivity index (χ1v) is 7.69. The van der Waals surface area contributed by atoms with Crippen molar-refractivity contribution in [2.75, 3.05) is 5.32 Å². The van der Waals surface area contributed by atoms with Crippen LogP contribution in [0.15, 0.2) is 48.7 Å². The largest absolute Gasteiger partial charge is 0.435 e. The summed E-state index contributed by atoms with van der Waals surface area (Å²) in [4.78, 5) is 0. The predicted octanol–water partition coefficient (Wildman–Crippen LogP) is 3.75. The fraction of sp³-hybridized carbons (Fsp3) is 0.235. The molecule has 0 bridgehead atoms. The van der Waals surface area contributed by atoms with Crippen molar-refractivity contribution < 1.29 is 13.5 Å². The molecule has 0 spiro atoms. The van der Waals surface area contributed by atoms with Gasteiger partial charge in [0.2, 0.25) is 0 Å². The van der Waals surface area contributed by atoms with Crippen LogP contribution in [0.1, 0.15) is 24.2 Å². The summed E-state index contributed by atoms with van der Waals surface area (Å²) >= 11 is 0. The van der Waals surface area contributed by atoms with Gasteiger partial charge in [0.05, 0.1) is 11.7 Å². The van der Waals surface area contributed by atoms with E-state index in [9.17, 15) is 8.78 Å². The first-order valence-electron chi connectivity index (χ1n) is 7.69. The molecular weight excluding hydrogens is 328 g/mol. The molecule has 130 valence electrons. The van der Waals surface area contributed by atoms with Crippen LogP contribution in [-0.2, 0) is 0 Å². The minimum atomic E-state index is -2.83. The fourth-order valence-electron chi connectivity index (χ4n) is 2.31. The van der Waals surface area contributed by atoms with E-state index in [0.29, 0.717) is 11.6 Å². The standard InChI is InChI=1S/C17H17F2N5O/c1-11-9-10-24(23-11)16-8-7-15(21-22-16)20-12(2)13-3-5-14(6-4-13)25-17(18)19/h3-10,12,17H,1-2H3,(H,20,21). The SMILES string of the molecule is Cc1ccn(-c2ccc(NC(C)c3ccc(OC(F)F)cc3)nn2)n1. The molecule has 0 aliphatic heterocycles. The van der Waals surface area contributed by atoms with Crippen LogP contribution in [0.3, 0.4) is 0 Å². The maximum absolute atomic E-state index is 12.2. The van der Waals surface area contributed by atoms with Gasteiger partial charge in [-0.15, -0.1) is 10.2 Å². The molecule has 0 amide bonds. The number of benzene rings is 1. The zero-order chi connectivity index (χ0) is 17.8. The van der Waals surface area contributed by atoms with Crippen LogP contribution in [0, 0.1) is 6.92 Å². The number of halogens is 2. The number of alkyl halides is 2. The van der Waals surface area contributed by atoms with Gasteiger partial charge in [-0.2, -0.15) is 13.9 Å². The van der Waals surface area contributed by atoms with E-state index in [2.05, 4.69) is 25.3 Å². The summed E-state index contributed by atoms with van der Waals surface area (Å²) in [5, 5.41) is 15.8. The normalized spacial score (nSPS) is 12.2. The number of hydrogen-bond acceptors (Lipinski definition) is 5. The lowest BCUT2D eigenvalue weighted by atomic mass is 10.1. The van der Waals surface area contributed by atoms with E-state index >= 15 is 0 Å². The Morgan fingerprint density at radius 2 is 1.80 bits per heavy atom. The molecule has 25 heavy (non-hydrogen) atoms. The summed E-state index contributed by atoms with van der Waals surface area (Å²) in [5.74, 6) is 1.36. The van der Waals surface area contributed by atoms with Crippen LogP contribution in [0.4, 0.5) is 14.6 Å². The summed E-state index contributed by atoms with van der Waals surface area (Å²) < 4.78 is 30.3. The molecule has 0 fully saturated rings. The highest BCUT2D eigenvalue weighted by atomic mass is 19.3. The lowest BCUT2D eigenvalue weighted by Gasteiger charge is -2.15. The number of aromatic nitrogens is 4. The Morgan fingerprint density at radius 3 is 2.36 bits per heavy atom. The maximum atomic E-state index is 12.2. The van der Waals surface area contributed by atoms with Crippen molar-refractivity contribution in [2.45, 2.75) is 26.5 Å². The molecule has 0 radical (unpaired) electrons. The van der Waals surface area contributed by atoms with Crippen molar-refractivity contribution in [1.29, 1.82) is 0 Å². The average Bonchev–Trinajstić information content (AvgIpc) is 3.02. The lowest BCUT2D eigenvalue weighted by Crippen LogP contribution is -2.10. The highest BCUT2D eigenvalue weighted by molar-refractivity contribution is 5.40. The van der Waals surface area contributed by atoms with Gasteiger partial charge in [-0.25, -0.2) is 4.68 Å². The Labute approximate surface area is 143 Å². The molecule has 1 N–H and O–H groups in total. The van der Waals surface area contributed by atoms with Crippen molar-refractivity contribution in [3.8, 4) is 11.6 Å². The molecule has 0 aliphatic carbocycles. The van der Waals surface area contributed by atoms with Gasteiger partial charge in [0.25, 0.3) is 0 Å². The zero-order valence-corrected chi connectivity index (χ0v) is 13.7. The van der Waals surface area contributed by atoms with E-state index in [1.165, 1.54) is 12.1 Å². The lowest BCUT2D eigenvalue weighted by molar-refractivity contribution is -0.0498. The predicted molar refractivity (Wildman–Crippen MR) is 89.0 cm³/mol. The number of anilines is 1. The Bertz CT molecular complexity index is 818. The minimum Gasteiger partial charge on any atom is -0.435 e. The third-order valence-electron chi connectivity index (χ3n) is 3.58. The van der Waals surface area contributed by atoms with Crippen LogP contribution >= 0.6 is 0 Å². The molecular formula is C17H17F2N5O. The van der Waals surface area contributed by atoms with Gasteiger partial charge in [0, 0.05) is 6.20 Å². The van der Waals surface area contributed by atoms with E-state index in [1.807, 2.05) is 38.2 Å². The summed E-state index contributed by atoms with van der Waals surface area (Å²) in [6.07, 6.45) is 1.82. The maximum Gasteiger partial charge on any atom is 0.387 e. The number of rotatable bonds is 6. The van der Waals surface area contributed by atoms with Crippen molar-refractivity contribution in [1.82, 2.24) is 20.0 Å². The summed E-state index contributed by atoms with van der Waals surface area (Å²) in [6.45, 7) is 1.02. The second-order valence-electron chi connectivity index (χ2n) is 5.49. The summed E-state index contributed by atoms with van der Waals surface area (Å²) in [5.41, 5.74) is 1.81. The number of aryl methyl sites for hydroxylation is 1. The first kappa shape index (κ1) is 16.8. The number of nitrogens with one attached hydrogen (secondary N) is 1. The number of ether oxygens (including phenoxy) is 1. The third kappa shape index (κ3) is 4.28. The van der Waals surface area contributed by atoms with Crippen LogP contribution in [0.25, 0.3) is 5.82 Å². The van der Waals surface area contributed by atoms with Crippen molar-refractivity contribution in [3.63, 3.8) is 0 Å². The molecule has 2 aromatic heterocycles. The van der Waals surface area contributed by atoms with Crippen molar-refractivity contribution >= 4 is 5.82 Å². The Kier molecular flexibility index (Phi) is 4.87. The van der Waals surface area contributed by atoms with Gasteiger partial charge in [-0.05, 0) is 49.7 Å². The van der Waals surface area contributed by atoms with Gasteiger partial charge >= 0.3 is 6.61 Å². The molecule has 3 aromatic rings. The van der Waals surface area contributed by atoms with Gasteiger partial charge < -0.3 is 10.1 Å². The van der Waals surface area contributed by atoms with Crippen LogP contribution in [-0.4, -0.2) is 26.6 Å². The van der Waals surface area contributed by atoms with Gasteiger partial charge in [-0.1, -0.05) is 12.1 Å². The van der Waals surface area contributed by atoms with E-state index in [-0.39, 0.29) is 11.8 Å². The van der Waals surface area contributed by atoms with Crippen LogP contribution in [0.5, 0.6) is 5.75 Å². The van der Waals surface area contributed by atoms with Crippen LogP contribution in [0.2, 0.25) is 0 Å². The minimum absolute atomic E-state index is 0.0762. The van der Waals surface area contributed by atoms with E-state index < -0.39 is 6.61 Å². The summed E-state index contributed by atoms with van der Waals surface area (Å²) in [6, 6.07) is 11.9. The monoisotopic (exact) mass is 345 g/mol. The van der Waals surface area contributed by atoms with Crippen LogP contribution < -0.4 is 10.1 Å². The molecule has 0 saturated carbocycles. The fourth-order valence-corrected chi connectivity index (χ4v) is 2.31. The van der Waals surface area contributed by atoms with E-state index in [1.54, 1.807) is 16.8 Å². The summed E-state index contributed by atoms with van der Waals surface area (Å²) in [7, 11) is 0. The molecule has 2 heterocycles. The quantitative estimate of drug-likeness (QED) is 0.737. The molecule has 6 nitrogen and oxygen atoms in total. The third-order valence-corrected chi connectivity index (χ3v) is 3.58. The highest BCUT2D eigenvalue weighted by Gasteiger charge is 2.09. The van der Waals surface area contributed by atoms with Gasteiger partial charge in [-0.3, -0.25) is 0 Å². The molecule has 0 aliphatic rings.